The van der Waals surface area contributed by atoms with E-state index in [0.717, 1.165) is 21.0 Å². The molecule has 2 aromatic rings. The Balaban J connectivity index is 1.99. The number of anilines is 1. The number of benzene rings is 1. The van der Waals surface area contributed by atoms with Crippen LogP contribution in [0.2, 0.25) is 4.34 Å². The summed E-state index contributed by atoms with van der Waals surface area (Å²) in [6, 6.07) is 12.1. The Bertz CT molecular complexity index is 455. The van der Waals surface area contributed by atoms with Crippen LogP contribution < -0.4 is 5.32 Å². The fraction of sp³-hybridized carbons (Fsp3) is 0.0909. The maximum Gasteiger partial charge on any atom is 0.0931 e. The second-order valence-electron chi connectivity index (χ2n) is 3.07. The van der Waals surface area contributed by atoms with Gasteiger partial charge >= 0.3 is 0 Å². The van der Waals surface area contributed by atoms with Gasteiger partial charge in [-0.25, -0.2) is 0 Å². The highest BCUT2D eigenvalue weighted by Crippen LogP contribution is 2.23. The standard InChI is InChI=1S/C11H9BrClNS/c12-8-2-1-3-9(6-8)14-7-10-4-5-11(13)15-10/h1-6,14H,7H2. The van der Waals surface area contributed by atoms with Crippen LogP contribution in [-0.4, -0.2) is 0 Å². The molecule has 4 heteroatoms. The third-order valence-electron chi connectivity index (χ3n) is 1.92. The van der Waals surface area contributed by atoms with Crippen molar-refractivity contribution in [3.05, 3.63) is 50.1 Å². The first kappa shape index (κ1) is 11.0. The van der Waals surface area contributed by atoms with E-state index in [0.29, 0.717) is 0 Å². The number of halogens is 2. The fourth-order valence-electron chi connectivity index (χ4n) is 1.23. The normalized spacial score (nSPS) is 10.3. The molecule has 0 amide bonds. The van der Waals surface area contributed by atoms with Crippen molar-refractivity contribution in [3.63, 3.8) is 0 Å². The number of nitrogens with one attached hydrogen (secondary N) is 1. The molecule has 2 rings (SSSR count). The van der Waals surface area contributed by atoms with Gasteiger partial charge in [0.2, 0.25) is 0 Å². The second kappa shape index (κ2) is 5.01. The molecule has 0 aliphatic heterocycles. The Kier molecular flexibility index (Phi) is 3.67. The smallest absolute Gasteiger partial charge is 0.0931 e. The lowest BCUT2D eigenvalue weighted by atomic mass is 10.3. The van der Waals surface area contributed by atoms with Crippen LogP contribution in [0.4, 0.5) is 5.69 Å². The summed E-state index contributed by atoms with van der Waals surface area (Å²) in [5, 5.41) is 3.34. The summed E-state index contributed by atoms with van der Waals surface area (Å²) in [6.07, 6.45) is 0. The molecule has 0 saturated heterocycles. The van der Waals surface area contributed by atoms with E-state index in [9.17, 15) is 0 Å². The van der Waals surface area contributed by atoms with Gasteiger partial charge in [0.15, 0.2) is 0 Å². The van der Waals surface area contributed by atoms with Crippen LogP contribution in [-0.2, 0) is 6.54 Å². The summed E-state index contributed by atoms with van der Waals surface area (Å²) >= 11 is 10.9. The van der Waals surface area contributed by atoms with Crippen LogP contribution in [0, 0.1) is 0 Å². The molecule has 0 saturated carbocycles. The van der Waals surface area contributed by atoms with E-state index in [1.807, 2.05) is 30.3 Å². The maximum absolute atomic E-state index is 5.85. The lowest BCUT2D eigenvalue weighted by Crippen LogP contribution is -1.96. The van der Waals surface area contributed by atoms with E-state index >= 15 is 0 Å². The largest absolute Gasteiger partial charge is 0.380 e. The van der Waals surface area contributed by atoms with E-state index in [4.69, 9.17) is 11.6 Å². The quantitative estimate of drug-likeness (QED) is 0.860. The Morgan fingerprint density at radius 3 is 2.80 bits per heavy atom. The van der Waals surface area contributed by atoms with Gasteiger partial charge in [0.05, 0.1) is 4.34 Å². The number of rotatable bonds is 3. The van der Waals surface area contributed by atoms with Gasteiger partial charge in [-0.15, -0.1) is 11.3 Å². The van der Waals surface area contributed by atoms with Gasteiger partial charge < -0.3 is 5.32 Å². The minimum absolute atomic E-state index is 0.813. The molecule has 78 valence electrons. The second-order valence-corrected chi connectivity index (χ2v) is 5.79. The van der Waals surface area contributed by atoms with Gasteiger partial charge in [-0.3, -0.25) is 0 Å². The van der Waals surface area contributed by atoms with Crippen LogP contribution in [0.3, 0.4) is 0 Å². The van der Waals surface area contributed by atoms with Crippen LogP contribution in [0.15, 0.2) is 40.9 Å². The zero-order valence-electron chi connectivity index (χ0n) is 7.84. The SMILES string of the molecule is Clc1ccc(CNc2cccc(Br)c2)s1. The first-order chi connectivity index (χ1) is 7.24. The van der Waals surface area contributed by atoms with E-state index in [1.54, 1.807) is 11.3 Å². The Labute approximate surface area is 106 Å². The third kappa shape index (κ3) is 3.23. The average molecular weight is 303 g/mol. The van der Waals surface area contributed by atoms with Crippen LogP contribution in [0.25, 0.3) is 0 Å². The fourth-order valence-corrected chi connectivity index (χ4v) is 2.66. The summed E-state index contributed by atoms with van der Waals surface area (Å²) in [5.41, 5.74) is 1.11. The molecular formula is C11H9BrClNS. The lowest BCUT2D eigenvalue weighted by molar-refractivity contribution is 1.19. The van der Waals surface area contributed by atoms with Gasteiger partial charge in [-0.05, 0) is 30.3 Å². The molecule has 0 radical (unpaired) electrons. The molecule has 1 aromatic carbocycles. The van der Waals surface area contributed by atoms with Crippen molar-refractivity contribution in [1.82, 2.24) is 0 Å². The van der Waals surface area contributed by atoms with E-state index in [1.165, 1.54) is 4.88 Å². The van der Waals surface area contributed by atoms with Gasteiger partial charge in [-0.2, -0.15) is 0 Å². The van der Waals surface area contributed by atoms with Crippen LogP contribution >= 0.6 is 38.9 Å². The van der Waals surface area contributed by atoms with E-state index in [-0.39, 0.29) is 0 Å². The van der Waals surface area contributed by atoms with Crippen molar-refractivity contribution in [2.45, 2.75) is 6.54 Å². The number of thiophene rings is 1. The third-order valence-corrected chi connectivity index (χ3v) is 3.64. The Hall–Kier alpha value is -0.510. The highest BCUT2D eigenvalue weighted by molar-refractivity contribution is 9.10. The molecule has 0 aliphatic carbocycles. The zero-order valence-corrected chi connectivity index (χ0v) is 11.0. The minimum Gasteiger partial charge on any atom is -0.380 e. The van der Waals surface area contributed by atoms with Crippen molar-refractivity contribution < 1.29 is 0 Å². The topological polar surface area (TPSA) is 12.0 Å². The summed E-state index contributed by atoms with van der Waals surface area (Å²) in [7, 11) is 0. The van der Waals surface area contributed by atoms with Crippen molar-refractivity contribution in [1.29, 1.82) is 0 Å². The molecule has 0 aliphatic rings. The van der Waals surface area contributed by atoms with Crippen molar-refractivity contribution >= 4 is 44.6 Å². The molecular weight excluding hydrogens is 294 g/mol. The molecule has 0 atom stereocenters. The Morgan fingerprint density at radius 2 is 2.13 bits per heavy atom. The molecule has 0 fully saturated rings. The van der Waals surface area contributed by atoms with Crippen LogP contribution in [0.1, 0.15) is 4.88 Å². The minimum atomic E-state index is 0.813. The predicted octanol–water partition coefficient (Wildman–Crippen LogP) is 4.78. The van der Waals surface area contributed by atoms with Crippen LogP contribution in [0.5, 0.6) is 0 Å². The van der Waals surface area contributed by atoms with Crippen molar-refractivity contribution in [2.24, 2.45) is 0 Å². The first-order valence-corrected chi connectivity index (χ1v) is 6.46. The van der Waals surface area contributed by atoms with E-state index < -0.39 is 0 Å². The summed E-state index contributed by atoms with van der Waals surface area (Å²) in [5.74, 6) is 0. The Morgan fingerprint density at radius 1 is 1.27 bits per heavy atom. The van der Waals surface area contributed by atoms with Gasteiger partial charge in [0.25, 0.3) is 0 Å². The molecule has 1 nitrogen and oxygen atoms in total. The zero-order chi connectivity index (χ0) is 10.7. The molecule has 1 heterocycles. The first-order valence-electron chi connectivity index (χ1n) is 4.48. The van der Waals surface area contributed by atoms with Crippen molar-refractivity contribution in [2.75, 3.05) is 5.32 Å². The van der Waals surface area contributed by atoms with E-state index in [2.05, 4.69) is 27.3 Å². The molecule has 1 aromatic heterocycles. The highest BCUT2D eigenvalue weighted by atomic mass is 79.9. The number of hydrogen-bond donors (Lipinski definition) is 1. The molecule has 15 heavy (non-hydrogen) atoms. The van der Waals surface area contributed by atoms with Gasteiger partial charge in [0.1, 0.15) is 0 Å². The average Bonchev–Trinajstić information content (AvgIpc) is 2.62. The lowest BCUT2D eigenvalue weighted by Gasteiger charge is -2.04. The van der Waals surface area contributed by atoms with Crippen molar-refractivity contribution in [3.8, 4) is 0 Å². The monoisotopic (exact) mass is 301 g/mol. The molecule has 0 unspecified atom stereocenters. The summed E-state index contributed by atoms with van der Waals surface area (Å²) in [4.78, 5) is 1.24. The predicted molar refractivity (Wildman–Crippen MR) is 70.8 cm³/mol. The molecule has 1 N–H and O–H groups in total. The maximum atomic E-state index is 5.85. The number of hydrogen-bond acceptors (Lipinski definition) is 2. The molecule has 0 spiro atoms. The summed E-state index contributed by atoms with van der Waals surface area (Å²) < 4.78 is 1.91. The van der Waals surface area contributed by atoms with Gasteiger partial charge in [-0.1, -0.05) is 33.6 Å². The highest BCUT2D eigenvalue weighted by Gasteiger charge is 1.98. The van der Waals surface area contributed by atoms with Gasteiger partial charge in [0, 0.05) is 21.6 Å². The summed E-state index contributed by atoms with van der Waals surface area (Å²) in [6.45, 7) is 0.813. The molecule has 0 bridgehead atoms.